The monoisotopic (exact) mass is 415 g/mol. The van der Waals surface area contributed by atoms with Gasteiger partial charge >= 0.3 is 0 Å². The fourth-order valence-corrected chi connectivity index (χ4v) is 3.22. The van der Waals surface area contributed by atoms with E-state index in [0.717, 1.165) is 38.8 Å². The summed E-state index contributed by atoms with van der Waals surface area (Å²) in [5.41, 5.74) is 1.29. The molecular formula is C23H33N3O4+2. The first kappa shape index (κ1) is 23.6. The third-order valence-corrected chi connectivity index (χ3v) is 4.84. The Hall–Kier alpha value is -2.64. The molecule has 162 valence electrons. The molecule has 0 unspecified atom stereocenters. The number of aryl methyl sites for hydroxylation is 2. The minimum absolute atomic E-state index is 0.0397. The lowest BCUT2D eigenvalue weighted by Crippen LogP contribution is -2.36. The van der Waals surface area contributed by atoms with Crippen molar-refractivity contribution in [3.8, 4) is 0 Å². The number of aliphatic hydroxyl groups is 2. The fraction of sp³-hybridized carbons (Fsp3) is 0.478. The van der Waals surface area contributed by atoms with Crippen LogP contribution in [0.2, 0.25) is 0 Å². The number of carbonyl (C=O) groups excluding carboxylic acids is 2. The van der Waals surface area contributed by atoms with Gasteiger partial charge in [0.15, 0.2) is 30.6 Å². The van der Waals surface area contributed by atoms with E-state index in [4.69, 9.17) is 10.2 Å². The van der Waals surface area contributed by atoms with E-state index >= 15 is 0 Å². The van der Waals surface area contributed by atoms with Gasteiger partial charge in [-0.05, 0) is 31.4 Å². The summed E-state index contributed by atoms with van der Waals surface area (Å²) in [6.45, 7) is 1.95. The topological polar surface area (TPSA) is 94.4 Å². The van der Waals surface area contributed by atoms with Crippen LogP contribution in [-0.4, -0.2) is 41.7 Å². The van der Waals surface area contributed by atoms with Gasteiger partial charge in [-0.2, -0.15) is 0 Å². The normalized spacial score (nSPS) is 10.7. The van der Waals surface area contributed by atoms with E-state index in [-0.39, 0.29) is 31.4 Å². The van der Waals surface area contributed by atoms with E-state index in [2.05, 4.69) is 9.88 Å². The van der Waals surface area contributed by atoms with Crippen LogP contribution in [0.5, 0.6) is 0 Å². The average Bonchev–Trinajstić information content (AvgIpc) is 2.78. The molecule has 30 heavy (non-hydrogen) atoms. The molecule has 0 spiro atoms. The number of hydrogen-bond donors (Lipinski definition) is 3. The van der Waals surface area contributed by atoms with Crippen molar-refractivity contribution in [2.75, 3.05) is 19.8 Å². The van der Waals surface area contributed by atoms with Crippen molar-refractivity contribution < 1.29 is 28.9 Å². The molecule has 7 heteroatoms. The van der Waals surface area contributed by atoms with Crippen LogP contribution < -0.4 is 14.5 Å². The molecule has 2 aromatic rings. The van der Waals surface area contributed by atoms with Gasteiger partial charge in [0, 0.05) is 44.5 Å². The Balaban J connectivity index is 1.69. The van der Waals surface area contributed by atoms with Gasteiger partial charge in [0.2, 0.25) is 0 Å². The van der Waals surface area contributed by atoms with Crippen LogP contribution in [0.25, 0.3) is 0 Å². The smallest absolute Gasteiger partial charge is 0.257 e. The van der Waals surface area contributed by atoms with Crippen LogP contribution in [0.15, 0.2) is 49.1 Å². The molecule has 0 saturated heterocycles. The molecule has 0 fully saturated rings. The first-order valence-electron chi connectivity index (χ1n) is 10.7. The molecule has 0 aliphatic rings. The van der Waals surface area contributed by atoms with Gasteiger partial charge in [-0.1, -0.05) is 0 Å². The summed E-state index contributed by atoms with van der Waals surface area (Å²) in [6, 6.07) is 7.35. The summed E-state index contributed by atoms with van der Waals surface area (Å²) < 4.78 is 4.07. The predicted octanol–water partition coefficient (Wildman–Crippen LogP) is 1.20. The van der Waals surface area contributed by atoms with E-state index in [0.29, 0.717) is 24.0 Å². The van der Waals surface area contributed by atoms with Crippen LogP contribution in [0.1, 0.15) is 59.2 Å². The number of hydrogen-bond acceptors (Lipinski definition) is 4. The van der Waals surface area contributed by atoms with Crippen LogP contribution >= 0.6 is 0 Å². The molecule has 2 aromatic heterocycles. The molecule has 0 aliphatic heterocycles. The van der Waals surface area contributed by atoms with Crippen molar-refractivity contribution >= 4 is 11.7 Å². The van der Waals surface area contributed by atoms with E-state index in [1.54, 1.807) is 6.07 Å². The molecule has 2 rings (SSSR count). The second-order valence-electron chi connectivity index (χ2n) is 7.30. The largest absolute Gasteiger partial charge is 0.396 e. The Labute approximate surface area is 178 Å². The number of aromatic nitrogens is 2. The fourth-order valence-electron chi connectivity index (χ4n) is 3.22. The number of nitrogens with one attached hydrogen (secondary N) is 1. The first-order chi connectivity index (χ1) is 14.6. The van der Waals surface area contributed by atoms with E-state index in [9.17, 15) is 9.59 Å². The lowest BCUT2D eigenvalue weighted by atomic mass is 10.1. The zero-order valence-corrected chi connectivity index (χ0v) is 17.5. The van der Waals surface area contributed by atoms with Gasteiger partial charge in [0.25, 0.3) is 5.91 Å². The number of Topliss-reactive ketones (excluding diaryl/α,β-unsaturated/α-hetero) is 1. The zero-order chi connectivity index (χ0) is 21.6. The number of nitrogens with zero attached hydrogens (tertiary/aromatic N) is 2. The number of aliphatic hydroxyl groups excluding tert-OH is 2. The standard InChI is InChI=1S/C23H32N3O4/c27-16-7-10-22(29)20-8-5-14-25(18-20)12-3-1-2-4-13-26-15-6-9-21(19-26)23(30)24-11-17-28/h5-6,8-9,14-15,18-19,27-28H,1-4,7,10-13,16-17H2/q+1/p+1. The van der Waals surface area contributed by atoms with Crippen LogP contribution in [0, 0.1) is 0 Å². The van der Waals surface area contributed by atoms with Gasteiger partial charge in [0.05, 0.1) is 12.2 Å². The maximum Gasteiger partial charge on any atom is 0.257 e. The minimum atomic E-state index is -0.174. The van der Waals surface area contributed by atoms with Crippen molar-refractivity contribution in [2.45, 2.75) is 51.6 Å². The molecular weight excluding hydrogens is 382 g/mol. The van der Waals surface area contributed by atoms with Crippen molar-refractivity contribution in [3.05, 3.63) is 60.2 Å². The van der Waals surface area contributed by atoms with Gasteiger partial charge < -0.3 is 15.5 Å². The highest BCUT2D eigenvalue weighted by atomic mass is 16.3. The zero-order valence-electron chi connectivity index (χ0n) is 17.5. The molecule has 0 bridgehead atoms. The number of ketones is 1. The summed E-state index contributed by atoms with van der Waals surface area (Å²) in [7, 11) is 0. The quantitative estimate of drug-likeness (QED) is 0.246. The minimum Gasteiger partial charge on any atom is -0.396 e. The van der Waals surface area contributed by atoms with Crippen molar-refractivity contribution in [2.24, 2.45) is 0 Å². The molecule has 0 saturated carbocycles. The maximum atomic E-state index is 12.1. The highest BCUT2D eigenvalue weighted by Crippen LogP contribution is 2.04. The Kier molecular flexibility index (Phi) is 10.7. The van der Waals surface area contributed by atoms with Gasteiger partial charge in [-0.3, -0.25) is 9.59 Å². The highest BCUT2D eigenvalue weighted by molar-refractivity contribution is 5.95. The summed E-state index contributed by atoms with van der Waals surface area (Å²) >= 11 is 0. The Morgan fingerprint density at radius 2 is 1.40 bits per heavy atom. The maximum absolute atomic E-state index is 12.1. The summed E-state index contributed by atoms with van der Waals surface area (Å²) in [4.78, 5) is 24.0. The third-order valence-electron chi connectivity index (χ3n) is 4.84. The highest BCUT2D eigenvalue weighted by Gasteiger charge is 2.11. The number of carbonyl (C=O) groups is 2. The summed E-state index contributed by atoms with van der Waals surface area (Å²) in [5.74, 6) is -0.102. The predicted molar refractivity (Wildman–Crippen MR) is 112 cm³/mol. The van der Waals surface area contributed by atoms with Crippen LogP contribution in [0.4, 0.5) is 0 Å². The van der Waals surface area contributed by atoms with E-state index in [1.807, 2.05) is 47.6 Å². The van der Waals surface area contributed by atoms with Crippen molar-refractivity contribution in [3.63, 3.8) is 0 Å². The summed E-state index contributed by atoms with van der Waals surface area (Å²) in [5, 5.41) is 20.3. The molecule has 3 N–H and O–H groups in total. The Morgan fingerprint density at radius 1 is 0.800 bits per heavy atom. The summed E-state index contributed by atoms with van der Waals surface area (Å²) in [6.07, 6.45) is 12.8. The SMILES string of the molecule is O=C(CCCO)c1ccc[n+](CCCCCC[n+]2cccc(C(=O)NCCO)c2)c1. The lowest BCUT2D eigenvalue weighted by molar-refractivity contribution is -0.699. The van der Waals surface area contributed by atoms with E-state index < -0.39 is 0 Å². The average molecular weight is 416 g/mol. The molecule has 0 aromatic carbocycles. The molecule has 1 amide bonds. The lowest BCUT2D eigenvalue weighted by Gasteiger charge is -2.03. The molecule has 0 atom stereocenters. The van der Waals surface area contributed by atoms with Gasteiger partial charge in [-0.25, -0.2) is 9.13 Å². The number of pyridine rings is 2. The van der Waals surface area contributed by atoms with Crippen molar-refractivity contribution in [1.82, 2.24) is 5.32 Å². The number of amides is 1. The Morgan fingerprint density at radius 3 is 2.00 bits per heavy atom. The van der Waals surface area contributed by atoms with Crippen LogP contribution in [0.3, 0.4) is 0 Å². The van der Waals surface area contributed by atoms with Crippen molar-refractivity contribution in [1.29, 1.82) is 0 Å². The first-order valence-corrected chi connectivity index (χ1v) is 10.7. The number of unbranched alkanes of at least 4 members (excludes halogenated alkanes) is 3. The second-order valence-corrected chi connectivity index (χ2v) is 7.30. The third kappa shape index (κ3) is 8.39. The molecule has 7 nitrogen and oxygen atoms in total. The second kappa shape index (κ2) is 13.6. The van der Waals surface area contributed by atoms with Gasteiger partial charge in [-0.15, -0.1) is 0 Å². The van der Waals surface area contributed by atoms with Gasteiger partial charge in [0.1, 0.15) is 18.7 Å². The van der Waals surface area contributed by atoms with Crippen LogP contribution in [-0.2, 0) is 13.1 Å². The van der Waals surface area contributed by atoms with E-state index in [1.165, 1.54) is 0 Å². The molecule has 0 aliphatic carbocycles. The number of rotatable bonds is 14. The molecule has 0 radical (unpaired) electrons. The Bertz CT molecular complexity index is 743. The molecule has 2 heterocycles.